The van der Waals surface area contributed by atoms with Crippen molar-refractivity contribution in [2.75, 3.05) is 6.54 Å². The molecular weight excluding hydrogens is 318 g/mol. The molecule has 3 heteroatoms. The lowest BCUT2D eigenvalue weighted by atomic mass is 9.69. The van der Waals surface area contributed by atoms with Gasteiger partial charge in [0.15, 0.2) is 0 Å². The highest BCUT2D eigenvalue weighted by molar-refractivity contribution is 5.43. The van der Waals surface area contributed by atoms with E-state index >= 15 is 0 Å². The number of nitrogens with zero attached hydrogens (tertiary/aromatic N) is 2. The summed E-state index contributed by atoms with van der Waals surface area (Å²) < 4.78 is 0. The monoisotopic (exact) mass is 349 g/mol. The summed E-state index contributed by atoms with van der Waals surface area (Å²) in [5, 5.41) is 0. The lowest BCUT2D eigenvalue weighted by molar-refractivity contribution is 0.435. The van der Waals surface area contributed by atoms with Gasteiger partial charge in [-0.1, -0.05) is 43.2 Å². The lowest BCUT2D eigenvalue weighted by Gasteiger charge is -2.37. The Kier molecular flexibility index (Phi) is 4.83. The second kappa shape index (κ2) is 7.11. The fraction of sp³-hybridized carbons (Fsp3) is 0.565. The van der Waals surface area contributed by atoms with Gasteiger partial charge in [0.1, 0.15) is 5.82 Å². The second-order valence-corrected chi connectivity index (χ2v) is 8.49. The van der Waals surface area contributed by atoms with Crippen LogP contribution in [0.5, 0.6) is 0 Å². The number of hydrogen-bond donors (Lipinski definition) is 1. The van der Waals surface area contributed by atoms with Crippen LogP contribution in [0.1, 0.15) is 79.7 Å². The van der Waals surface area contributed by atoms with E-state index in [0.29, 0.717) is 5.92 Å². The van der Waals surface area contributed by atoms with Crippen LogP contribution in [0.2, 0.25) is 0 Å². The number of hydrogen-bond acceptors (Lipinski definition) is 3. The molecule has 0 amide bonds. The molecule has 0 bridgehead atoms. The molecule has 1 aromatic heterocycles. The van der Waals surface area contributed by atoms with Crippen LogP contribution < -0.4 is 5.73 Å². The van der Waals surface area contributed by atoms with E-state index in [4.69, 9.17) is 15.7 Å². The van der Waals surface area contributed by atoms with E-state index in [1.807, 2.05) is 0 Å². The fourth-order valence-electron chi connectivity index (χ4n) is 4.81. The summed E-state index contributed by atoms with van der Waals surface area (Å²) in [4.78, 5) is 9.98. The van der Waals surface area contributed by atoms with Gasteiger partial charge in [0.25, 0.3) is 0 Å². The van der Waals surface area contributed by atoms with Gasteiger partial charge in [-0.3, -0.25) is 0 Å². The fourth-order valence-corrected chi connectivity index (χ4v) is 4.81. The Morgan fingerprint density at radius 3 is 2.65 bits per heavy atom. The number of fused-ring (bicyclic) bond motifs is 1. The van der Waals surface area contributed by atoms with E-state index in [-0.39, 0.29) is 5.41 Å². The minimum absolute atomic E-state index is 0.00978. The zero-order valence-corrected chi connectivity index (χ0v) is 16.2. The van der Waals surface area contributed by atoms with Crippen LogP contribution in [0.3, 0.4) is 0 Å². The van der Waals surface area contributed by atoms with Crippen LogP contribution in [0.4, 0.5) is 0 Å². The van der Waals surface area contributed by atoms with Crippen molar-refractivity contribution < 1.29 is 0 Å². The van der Waals surface area contributed by atoms with Crippen LogP contribution in [0.15, 0.2) is 30.3 Å². The van der Waals surface area contributed by atoms with Crippen LogP contribution in [0.25, 0.3) is 0 Å². The largest absolute Gasteiger partial charge is 0.330 e. The third-order valence-electron chi connectivity index (χ3n) is 6.40. The molecule has 0 saturated heterocycles. The quantitative estimate of drug-likeness (QED) is 0.825. The molecule has 2 atom stereocenters. The van der Waals surface area contributed by atoms with Crippen LogP contribution >= 0.6 is 0 Å². The predicted octanol–water partition coefficient (Wildman–Crippen LogP) is 4.66. The number of aromatic nitrogens is 2. The molecule has 2 aromatic rings. The summed E-state index contributed by atoms with van der Waals surface area (Å²) >= 11 is 0. The lowest BCUT2D eigenvalue weighted by Crippen LogP contribution is -2.32. The van der Waals surface area contributed by atoms with Gasteiger partial charge in [-0.05, 0) is 69.5 Å². The molecule has 2 aliphatic carbocycles. The molecule has 2 aliphatic rings. The minimum atomic E-state index is -0.00978. The van der Waals surface area contributed by atoms with E-state index in [1.54, 1.807) is 0 Å². The van der Waals surface area contributed by atoms with E-state index in [2.05, 4.69) is 44.2 Å². The highest BCUT2D eigenvalue weighted by atomic mass is 14.9. The number of aryl methyl sites for hydroxylation is 1. The molecule has 1 heterocycles. The maximum atomic E-state index is 5.98. The molecule has 4 rings (SSSR count). The molecule has 0 radical (unpaired) electrons. The van der Waals surface area contributed by atoms with Crippen LogP contribution in [-0.2, 0) is 11.8 Å². The first-order valence-corrected chi connectivity index (χ1v) is 10.3. The highest BCUT2D eigenvalue weighted by Crippen LogP contribution is 2.45. The Bertz CT molecular complexity index is 767. The Labute approximate surface area is 157 Å². The third kappa shape index (κ3) is 3.29. The molecular formula is C23H31N3. The van der Waals surface area contributed by atoms with E-state index in [1.165, 1.54) is 48.2 Å². The number of rotatable bonds is 6. The summed E-state index contributed by atoms with van der Waals surface area (Å²) in [5.41, 5.74) is 11.4. The first kappa shape index (κ1) is 17.7. The van der Waals surface area contributed by atoms with Crippen molar-refractivity contribution in [2.45, 2.75) is 70.1 Å². The van der Waals surface area contributed by atoms with Crippen molar-refractivity contribution in [3.8, 4) is 0 Å². The molecule has 1 fully saturated rings. The predicted molar refractivity (Wildman–Crippen MR) is 106 cm³/mol. The van der Waals surface area contributed by atoms with Gasteiger partial charge in [0, 0.05) is 11.3 Å². The van der Waals surface area contributed by atoms with Crippen molar-refractivity contribution in [1.82, 2.24) is 9.97 Å². The van der Waals surface area contributed by atoms with Gasteiger partial charge in [0.2, 0.25) is 0 Å². The summed E-state index contributed by atoms with van der Waals surface area (Å²) in [7, 11) is 0. The molecule has 138 valence electrons. The number of benzene rings is 1. The average molecular weight is 350 g/mol. The summed E-state index contributed by atoms with van der Waals surface area (Å²) in [6.07, 6.45) is 8.54. The van der Waals surface area contributed by atoms with Gasteiger partial charge in [0.05, 0.1) is 11.4 Å². The second-order valence-electron chi connectivity index (χ2n) is 8.49. The van der Waals surface area contributed by atoms with E-state index in [9.17, 15) is 0 Å². The third-order valence-corrected chi connectivity index (χ3v) is 6.40. The van der Waals surface area contributed by atoms with E-state index in [0.717, 1.165) is 37.5 Å². The van der Waals surface area contributed by atoms with E-state index < -0.39 is 0 Å². The maximum absolute atomic E-state index is 5.98. The smallest absolute Gasteiger partial charge is 0.125 e. The van der Waals surface area contributed by atoms with Gasteiger partial charge in [-0.25, -0.2) is 9.97 Å². The van der Waals surface area contributed by atoms with Gasteiger partial charge >= 0.3 is 0 Å². The zero-order valence-electron chi connectivity index (χ0n) is 16.2. The van der Waals surface area contributed by atoms with Gasteiger partial charge in [-0.2, -0.15) is 0 Å². The van der Waals surface area contributed by atoms with Crippen molar-refractivity contribution in [1.29, 1.82) is 0 Å². The topological polar surface area (TPSA) is 51.8 Å². The van der Waals surface area contributed by atoms with Crippen molar-refractivity contribution in [2.24, 2.45) is 11.7 Å². The first-order chi connectivity index (χ1) is 12.6. The minimum Gasteiger partial charge on any atom is -0.330 e. The Hall–Kier alpha value is -1.74. The zero-order chi connectivity index (χ0) is 18.1. The normalized spacial score (nSPS) is 23.5. The molecule has 3 nitrogen and oxygen atoms in total. The van der Waals surface area contributed by atoms with Crippen molar-refractivity contribution in [3.05, 3.63) is 58.7 Å². The van der Waals surface area contributed by atoms with Gasteiger partial charge < -0.3 is 5.73 Å². The molecule has 26 heavy (non-hydrogen) atoms. The Morgan fingerprint density at radius 2 is 1.96 bits per heavy atom. The van der Waals surface area contributed by atoms with Crippen molar-refractivity contribution >= 4 is 0 Å². The Balaban J connectivity index is 1.81. The maximum Gasteiger partial charge on any atom is 0.125 e. The summed E-state index contributed by atoms with van der Waals surface area (Å²) in [6.45, 7) is 5.17. The molecule has 0 spiro atoms. The summed E-state index contributed by atoms with van der Waals surface area (Å²) in [5.74, 6) is 2.31. The molecule has 1 unspecified atom stereocenters. The molecule has 0 aliphatic heterocycles. The van der Waals surface area contributed by atoms with Crippen molar-refractivity contribution in [3.63, 3.8) is 0 Å². The standard InChI is InChI=1S/C23H31N3/c1-16-25-21(18(12-14-24)15-17-10-11-17)20-9-6-13-23(2,22(20)26-16)19-7-4-3-5-8-19/h3-5,7-8,17-18H,6,9-15,24H2,1-2H3/t18?,23-/m0/s1. The van der Waals surface area contributed by atoms with Crippen LogP contribution in [0, 0.1) is 12.8 Å². The Morgan fingerprint density at radius 1 is 1.19 bits per heavy atom. The molecule has 1 saturated carbocycles. The highest BCUT2D eigenvalue weighted by Gasteiger charge is 2.38. The van der Waals surface area contributed by atoms with Crippen LogP contribution in [-0.4, -0.2) is 16.5 Å². The molecule has 1 aromatic carbocycles. The van der Waals surface area contributed by atoms with Gasteiger partial charge in [-0.15, -0.1) is 0 Å². The molecule has 2 N–H and O–H groups in total. The number of nitrogens with two attached hydrogens (primary N) is 1. The summed E-state index contributed by atoms with van der Waals surface area (Å²) in [6, 6.07) is 10.9. The SMILES string of the molecule is Cc1nc(C(CCN)CC2CC2)c2c(n1)[C@](C)(c1ccccc1)CCC2. The first-order valence-electron chi connectivity index (χ1n) is 10.3. The average Bonchev–Trinajstić information content (AvgIpc) is 3.46.